The lowest BCUT2D eigenvalue weighted by Gasteiger charge is -2.39. The van der Waals surface area contributed by atoms with Gasteiger partial charge < -0.3 is 15.5 Å². The molecule has 0 aromatic heterocycles. The molecule has 2 rings (SSSR count). The lowest BCUT2D eigenvalue weighted by molar-refractivity contribution is -0.138. The fraction of sp³-hybridized carbons (Fsp3) is 0.938. The van der Waals surface area contributed by atoms with Gasteiger partial charge in [-0.2, -0.15) is 0 Å². The number of carbonyl (C=O) groups is 1. The first kappa shape index (κ1) is 15.8. The first-order valence-electron chi connectivity index (χ1n) is 8.27. The van der Waals surface area contributed by atoms with Gasteiger partial charge in [0, 0.05) is 38.1 Å². The van der Waals surface area contributed by atoms with E-state index in [2.05, 4.69) is 18.7 Å². The van der Waals surface area contributed by atoms with Crippen LogP contribution in [0.5, 0.6) is 0 Å². The number of likely N-dealkylation sites (tertiary alicyclic amines) is 1. The average molecular weight is 281 g/mol. The Kier molecular flexibility index (Phi) is 5.44. The molecule has 3 unspecified atom stereocenters. The summed E-state index contributed by atoms with van der Waals surface area (Å²) < 4.78 is 0. The van der Waals surface area contributed by atoms with Gasteiger partial charge >= 0.3 is 0 Å². The smallest absolute Gasteiger partial charge is 0.225 e. The number of rotatable bonds is 3. The van der Waals surface area contributed by atoms with Crippen LogP contribution in [0.4, 0.5) is 0 Å². The monoisotopic (exact) mass is 281 g/mol. The Morgan fingerprint density at radius 3 is 2.45 bits per heavy atom. The Morgan fingerprint density at radius 2 is 1.90 bits per heavy atom. The Balaban J connectivity index is 1.86. The normalized spacial score (nSPS) is 33.1. The first-order valence-corrected chi connectivity index (χ1v) is 8.27. The van der Waals surface area contributed by atoms with Crippen LogP contribution < -0.4 is 5.73 Å². The predicted octanol–water partition coefficient (Wildman–Crippen LogP) is 1.69. The van der Waals surface area contributed by atoms with Gasteiger partial charge in [-0.3, -0.25) is 4.79 Å². The molecule has 2 fully saturated rings. The highest BCUT2D eigenvalue weighted by molar-refractivity contribution is 5.79. The molecule has 0 radical (unpaired) electrons. The van der Waals surface area contributed by atoms with Crippen molar-refractivity contribution in [2.24, 2.45) is 17.6 Å². The second-order valence-electron chi connectivity index (χ2n) is 6.77. The molecule has 2 N–H and O–H groups in total. The summed E-state index contributed by atoms with van der Waals surface area (Å²) in [7, 11) is 2.01. The van der Waals surface area contributed by atoms with E-state index in [4.69, 9.17) is 5.73 Å². The van der Waals surface area contributed by atoms with Crippen molar-refractivity contribution in [3.05, 3.63) is 0 Å². The Hall–Kier alpha value is -0.610. The SMILES string of the molecule is CCN1CCC(N(C)C(=O)C2CCC(N)C(C)C2)CC1. The zero-order valence-corrected chi connectivity index (χ0v) is 13.3. The molecule has 0 bridgehead atoms. The Labute approximate surface area is 123 Å². The first-order chi connectivity index (χ1) is 9.52. The van der Waals surface area contributed by atoms with E-state index in [1.54, 1.807) is 0 Å². The third-order valence-electron chi connectivity index (χ3n) is 5.48. The van der Waals surface area contributed by atoms with E-state index in [0.717, 1.165) is 51.7 Å². The van der Waals surface area contributed by atoms with Crippen LogP contribution in [-0.2, 0) is 4.79 Å². The van der Waals surface area contributed by atoms with Crippen LogP contribution in [0.2, 0.25) is 0 Å². The summed E-state index contributed by atoms with van der Waals surface area (Å²) in [6.45, 7) is 7.78. The van der Waals surface area contributed by atoms with Gasteiger partial charge in [0.15, 0.2) is 0 Å². The van der Waals surface area contributed by atoms with Crippen molar-refractivity contribution in [1.29, 1.82) is 0 Å². The van der Waals surface area contributed by atoms with Gasteiger partial charge in [0.2, 0.25) is 5.91 Å². The molecule has 1 saturated carbocycles. The van der Waals surface area contributed by atoms with Crippen molar-refractivity contribution in [3.8, 4) is 0 Å². The molecule has 0 spiro atoms. The van der Waals surface area contributed by atoms with Gasteiger partial charge in [0.05, 0.1) is 0 Å². The van der Waals surface area contributed by atoms with E-state index in [0.29, 0.717) is 17.9 Å². The average Bonchev–Trinajstić information content (AvgIpc) is 2.48. The highest BCUT2D eigenvalue weighted by Gasteiger charge is 2.33. The minimum atomic E-state index is 0.207. The highest BCUT2D eigenvalue weighted by Crippen LogP contribution is 2.30. The zero-order valence-electron chi connectivity index (χ0n) is 13.3. The maximum absolute atomic E-state index is 12.7. The summed E-state index contributed by atoms with van der Waals surface area (Å²) in [6, 6.07) is 0.730. The number of hydrogen-bond acceptors (Lipinski definition) is 3. The van der Waals surface area contributed by atoms with E-state index in [1.807, 2.05) is 11.9 Å². The molecule has 1 amide bonds. The molecule has 3 atom stereocenters. The van der Waals surface area contributed by atoms with Crippen molar-refractivity contribution in [2.75, 3.05) is 26.7 Å². The predicted molar refractivity (Wildman–Crippen MR) is 82.4 cm³/mol. The quantitative estimate of drug-likeness (QED) is 0.856. The molecule has 20 heavy (non-hydrogen) atoms. The van der Waals surface area contributed by atoms with Crippen molar-refractivity contribution < 1.29 is 4.79 Å². The van der Waals surface area contributed by atoms with Crippen LogP contribution in [0.15, 0.2) is 0 Å². The Morgan fingerprint density at radius 1 is 1.25 bits per heavy atom. The van der Waals surface area contributed by atoms with Gasteiger partial charge in [0.1, 0.15) is 0 Å². The molecule has 4 heteroatoms. The molecule has 4 nitrogen and oxygen atoms in total. The topological polar surface area (TPSA) is 49.6 Å². The third kappa shape index (κ3) is 3.53. The maximum Gasteiger partial charge on any atom is 0.225 e. The van der Waals surface area contributed by atoms with Crippen LogP contribution in [0.3, 0.4) is 0 Å². The van der Waals surface area contributed by atoms with Crippen LogP contribution in [0.25, 0.3) is 0 Å². The summed E-state index contributed by atoms with van der Waals surface area (Å²) in [5.41, 5.74) is 6.06. The number of nitrogens with two attached hydrogens (primary N) is 1. The number of amides is 1. The summed E-state index contributed by atoms with van der Waals surface area (Å²) in [4.78, 5) is 17.2. The van der Waals surface area contributed by atoms with Gasteiger partial charge in [-0.25, -0.2) is 0 Å². The minimum absolute atomic E-state index is 0.207. The number of nitrogens with zero attached hydrogens (tertiary/aromatic N) is 2. The molecule has 0 aromatic rings. The molecular weight excluding hydrogens is 250 g/mol. The number of carbonyl (C=O) groups excluding carboxylic acids is 1. The second kappa shape index (κ2) is 6.90. The molecule has 0 aromatic carbocycles. The van der Waals surface area contributed by atoms with Crippen LogP contribution in [-0.4, -0.2) is 54.5 Å². The van der Waals surface area contributed by atoms with E-state index in [-0.39, 0.29) is 12.0 Å². The zero-order chi connectivity index (χ0) is 14.7. The summed E-state index contributed by atoms with van der Waals surface area (Å²) in [5, 5.41) is 0. The molecular formula is C16H31N3O. The van der Waals surface area contributed by atoms with Crippen molar-refractivity contribution in [3.63, 3.8) is 0 Å². The van der Waals surface area contributed by atoms with Gasteiger partial charge in [-0.1, -0.05) is 13.8 Å². The standard InChI is InChI=1S/C16H31N3O/c1-4-19-9-7-14(8-10-19)18(3)16(20)13-5-6-15(17)12(2)11-13/h12-15H,4-11,17H2,1-3H3. The van der Waals surface area contributed by atoms with E-state index in [1.165, 1.54) is 0 Å². The maximum atomic E-state index is 12.7. The summed E-state index contributed by atoms with van der Waals surface area (Å²) in [5.74, 6) is 1.05. The van der Waals surface area contributed by atoms with Crippen molar-refractivity contribution in [2.45, 2.75) is 58.0 Å². The third-order valence-corrected chi connectivity index (χ3v) is 5.48. The largest absolute Gasteiger partial charge is 0.342 e. The minimum Gasteiger partial charge on any atom is -0.342 e. The van der Waals surface area contributed by atoms with Gasteiger partial charge in [-0.15, -0.1) is 0 Å². The van der Waals surface area contributed by atoms with Gasteiger partial charge in [0.25, 0.3) is 0 Å². The van der Waals surface area contributed by atoms with E-state index in [9.17, 15) is 4.79 Å². The molecule has 1 saturated heterocycles. The van der Waals surface area contributed by atoms with Crippen molar-refractivity contribution >= 4 is 5.91 Å². The summed E-state index contributed by atoms with van der Waals surface area (Å²) in [6.07, 6.45) is 5.19. The number of hydrogen-bond donors (Lipinski definition) is 1. The molecule has 116 valence electrons. The molecule has 1 aliphatic carbocycles. The lowest BCUT2D eigenvalue weighted by Crippen LogP contribution is -2.48. The van der Waals surface area contributed by atoms with E-state index < -0.39 is 0 Å². The van der Waals surface area contributed by atoms with Crippen molar-refractivity contribution in [1.82, 2.24) is 9.80 Å². The fourth-order valence-electron chi connectivity index (χ4n) is 3.73. The summed E-state index contributed by atoms with van der Waals surface area (Å²) >= 11 is 0. The molecule has 1 heterocycles. The lowest BCUT2D eigenvalue weighted by atomic mass is 9.78. The number of piperidine rings is 1. The Bertz CT molecular complexity index is 326. The molecule has 1 aliphatic heterocycles. The van der Waals surface area contributed by atoms with Crippen LogP contribution in [0.1, 0.15) is 46.0 Å². The van der Waals surface area contributed by atoms with Crippen LogP contribution in [0, 0.1) is 11.8 Å². The van der Waals surface area contributed by atoms with E-state index >= 15 is 0 Å². The highest BCUT2D eigenvalue weighted by atomic mass is 16.2. The molecule has 2 aliphatic rings. The second-order valence-corrected chi connectivity index (χ2v) is 6.77. The fourth-order valence-corrected chi connectivity index (χ4v) is 3.73. The van der Waals surface area contributed by atoms with Crippen LogP contribution >= 0.6 is 0 Å². The van der Waals surface area contributed by atoms with Gasteiger partial charge in [-0.05, 0) is 44.6 Å².